The number of ether oxygens (including phenoxy) is 1. The molecule has 37 heavy (non-hydrogen) atoms. The first-order valence-electron chi connectivity index (χ1n) is 13.1. The van der Waals surface area contributed by atoms with Crippen molar-refractivity contribution in [3.05, 3.63) is 54.6 Å². The Balaban J connectivity index is 1.79. The summed E-state index contributed by atoms with van der Waals surface area (Å²) in [6.07, 6.45) is 5.84. The van der Waals surface area contributed by atoms with Crippen LogP contribution in [-0.2, 0) is 19.1 Å². The van der Waals surface area contributed by atoms with Crippen LogP contribution in [-0.4, -0.2) is 69.6 Å². The number of fused-ring (bicyclic) bond motifs is 1. The molecule has 8 heteroatoms. The lowest BCUT2D eigenvalue weighted by atomic mass is 9.71. The number of esters is 1. The Bertz CT molecular complexity index is 1090. The van der Waals surface area contributed by atoms with Crippen LogP contribution in [0.5, 0.6) is 0 Å². The Labute approximate surface area is 223 Å². The summed E-state index contributed by atoms with van der Waals surface area (Å²) >= 11 is 1.61. The number of amides is 2. The van der Waals surface area contributed by atoms with Gasteiger partial charge in [0.05, 0.1) is 35.8 Å². The van der Waals surface area contributed by atoms with Crippen molar-refractivity contribution in [2.45, 2.75) is 68.5 Å². The minimum Gasteiger partial charge on any atom is -0.465 e. The number of carbonyl (C=O) groups is 3. The molecule has 3 aliphatic heterocycles. The van der Waals surface area contributed by atoms with Crippen molar-refractivity contribution < 1.29 is 24.2 Å². The van der Waals surface area contributed by atoms with E-state index in [-0.39, 0.29) is 36.2 Å². The monoisotopic (exact) mass is 526 g/mol. The van der Waals surface area contributed by atoms with Crippen LogP contribution in [0, 0.1) is 25.7 Å². The quantitative estimate of drug-likeness (QED) is 0.268. The Kier molecular flexibility index (Phi) is 8.19. The predicted octanol–water partition coefficient (Wildman–Crippen LogP) is 3.80. The highest BCUT2D eigenvalue weighted by molar-refractivity contribution is 8.02. The lowest BCUT2D eigenvalue weighted by molar-refractivity contribution is -0.154. The van der Waals surface area contributed by atoms with Crippen LogP contribution in [0.4, 0.5) is 5.69 Å². The van der Waals surface area contributed by atoms with Crippen LogP contribution in [0.2, 0.25) is 0 Å². The van der Waals surface area contributed by atoms with Crippen LogP contribution in [0.1, 0.15) is 43.7 Å². The summed E-state index contributed by atoms with van der Waals surface area (Å²) in [5.74, 6) is -2.03. The number of hydrogen-bond acceptors (Lipinski definition) is 6. The molecule has 2 amide bonds. The molecular formula is C29H38N2O5S. The normalized spacial score (nSPS) is 28.6. The van der Waals surface area contributed by atoms with Gasteiger partial charge < -0.3 is 19.6 Å². The van der Waals surface area contributed by atoms with Gasteiger partial charge in [-0.05, 0) is 56.7 Å². The molecule has 0 saturated carbocycles. The fraction of sp³-hybridized carbons (Fsp3) is 0.552. The van der Waals surface area contributed by atoms with E-state index < -0.39 is 28.7 Å². The minimum atomic E-state index is -0.789. The fourth-order valence-electron chi connectivity index (χ4n) is 6.38. The number of aliphatic hydroxyl groups is 1. The first-order chi connectivity index (χ1) is 17.7. The molecular weight excluding hydrogens is 488 g/mol. The maximum Gasteiger partial charge on any atom is 0.310 e. The molecule has 1 N–H and O–H groups in total. The second-order valence-electron chi connectivity index (χ2n) is 10.3. The van der Waals surface area contributed by atoms with Gasteiger partial charge in [0.25, 0.3) is 5.91 Å². The molecule has 3 saturated heterocycles. The van der Waals surface area contributed by atoms with Gasteiger partial charge in [0.2, 0.25) is 5.91 Å². The molecule has 3 heterocycles. The van der Waals surface area contributed by atoms with Crippen molar-refractivity contribution in [3.8, 4) is 0 Å². The van der Waals surface area contributed by atoms with Gasteiger partial charge in [-0.15, -0.1) is 24.9 Å². The maximum atomic E-state index is 14.6. The molecule has 2 bridgehead atoms. The van der Waals surface area contributed by atoms with Gasteiger partial charge in [-0.25, -0.2) is 0 Å². The van der Waals surface area contributed by atoms with Crippen molar-refractivity contribution >= 4 is 35.2 Å². The zero-order valence-electron chi connectivity index (χ0n) is 22.0. The molecule has 200 valence electrons. The van der Waals surface area contributed by atoms with E-state index in [0.717, 1.165) is 23.2 Å². The van der Waals surface area contributed by atoms with Gasteiger partial charge in [0.15, 0.2) is 0 Å². The zero-order chi connectivity index (χ0) is 26.9. The number of benzene rings is 1. The number of aryl methyl sites for hydroxylation is 2. The van der Waals surface area contributed by atoms with Crippen molar-refractivity contribution in [1.82, 2.24) is 4.90 Å². The summed E-state index contributed by atoms with van der Waals surface area (Å²) in [5, 5.41) is 10.2. The number of rotatable bonds is 11. The SMILES string of the molecule is C=CCCOC(=O)[C@@H]1[C@H]2C(=O)N([C@@H](CC)CO)C(C(=O)N(CC=C)c3cc(C)ccc3C)C23CC[C@H]1S3. The molecule has 1 aromatic carbocycles. The van der Waals surface area contributed by atoms with Crippen molar-refractivity contribution in [2.75, 3.05) is 24.7 Å². The number of nitrogens with zero attached hydrogens (tertiary/aromatic N) is 2. The van der Waals surface area contributed by atoms with Gasteiger partial charge in [0.1, 0.15) is 6.04 Å². The van der Waals surface area contributed by atoms with Crippen LogP contribution < -0.4 is 4.90 Å². The summed E-state index contributed by atoms with van der Waals surface area (Å²) in [5.41, 5.74) is 2.76. The highest BCUT2D eigenvalue weighted by Gasteiger charge is 2.74. The molecule has 1 spiro atoms. The van der Waals surface area contributed by atoms with Gasteiger partial charge in [0, 0.05) is 17.5 Å². The fourth-order valence-corrected chi connectivity index (χ4v) is 8.57. The Hall–Kier alpha value is -2.58. The van der Waals surface area contributed by atoms with Gasteiger partial charge in [-0.3, -0.25) is 14.4 Å². The van der Waals surface area contributed by atoms with E-state index in [1.165, 1.54) is 0 Å². The highest BCUT2D eigenvalue weighted by atomic mass is 32.2. The molecule has 1 aromatic rings. The Morgan fingerprint density at radius 2 is 2.08 bits per heavy atom. The number of thioether (sulfide) groups is 1. The highest BCUT2D eigenvalue weighted by Crippen LogP contribution is 2.67. The molecule has 3 aliphatic rings. The minimum absolute atomic E-state index is 0.0644. The van der Waals surface area contributed by atoms with E-state index in [1.54, 1.807) is 33.7 Å². The molecule has 0 aliphatic carbocycles. The van der Waals surface area contributed by atoms with Crippen molar-refractivity contribution in [1.29, 1.82) is 0 Å². The third-order valence-electron chi connectivity index (χ3n) is 8.12. The third-order valence-corrected chi connectivity index (χ3v) is 10.1. The summed E-state index contributed by atoms with van der Waals surface area (Å²) in [4.78, 5) is 45.2. The average Bonchev–Trinajstić information content (AvgIpc) is 3.52. The number of hydrogen-bond donors (Lipinski definition) is 1. The molecule has 0 aromatic heterocycles. The number of likely N-dealkylation sites (tertiary alicyclic amines) is 1. The van der Waals surface area contributed by atoms with Crippen LogP contribution >= 0.6 is 11.8 Å². The largest absolute Gasteiger partial charge is 0.465 e. The average molecular weight is 527 g/mol. The summed E-state index contributed by atoms with van der Waals surface area (Å²) < 4.78 is 4.81. The van der Waals surface area contributed by atoms with Crippen molar-refractivity contribution in [3.63, 3.8) is 0 Å². The van der Waals surface area contributed by atoms with E-state index in [0.29, 0.717) is 25.8 Å². The summed E-state index contributed by atoms with van der Waals surface area (Å²) in [6.45, 7) is 13.7. The second-order valence-corrected chi connectivity index (χ2v) is 11.9. The Morgan fingerprint density at radius 3 is 2.73 bits per heavy atom. The molecule has 7 nitrogen and oxygen atoms in total. The lowest BCUT2D eigenvalue weighted by Gasteiger charge is -2.39. The number of anilines is 1. The van der Waals surface area contributed by atoms with Gasteiger partial charge in [-0.1, -0.05) is 31.2 Å². The number of aliphatic hydroxyl groups excluding tert-OH is 1. The van der Waals surface area contributed by atoms with Crippen LogP contribution in [0.25, 0.3) is 0 Å². The summed E-state index contributed by atoms with van der Waals surface area (Å²) in [7, 11) is 0. The smallest absolute Gasteiger partial charge is 0.310 e. The maximum absolute atomic E-state index is 14.6. The molecule has 3 fully saturated rings. The summed E-state index contributed by atoms with van der Waals surface area (Å²) in [6, 6.07) is 4.67. The van der Waals surface area contributed by atoms with Gasteiger partial charge in [-0.2, -0.15) is 0 Å². The van der Waals surface area contributed by atoms with Crippen LogP contribution in [0.15, 0.2) is 43.5 Å². The molecule has 2 unspecified atom stereocenters. The van der Waals surface area contributed by atoms with Crippen LogP contribution in [0.3, 0.4) is 0 Å². The standard InChI is InChI=1S/C29H38N2O5S/c1-6-9-15-36-28(35)23-22-12-13-29(37-22)24(23)26(33)31(20(8-3)17-32)25(29)27(34)30(14-7-2)21-16-18(4)10-11-19(21)5/h6-7,10-11,16,20,22-25,32H,1-2,8-9,12-15,17H2,3-5H3/t20-,22+,23-,24-,25?,29?/m0/s1. The van der Waals surface area contributed by atoms with E-state index in [1.807, 2.05) is 39.0 Å². The third kappa shape index (κ3) is 4.52. The van der Waals surface area contributed by atoms with Gasteiger partial charge >= 0.3 is 5.97 Å². The lowest BCUT2D eigenvalue weighted by Crippen LogP contribution is -2.57. The molecule has 0 radical (unpaired) electrons. The zero-order valence-corrected chi connectivity index (χ0v) is 22.8. The van der Waals surface area contributed by atoms with E-state index in [4.69, 9.17) is 4.74 Å². The number of carbonyl (C=O) groups excluding carboxylic acids is 3. The van der Waals surface area contributed by atoms with Crippen molar-refractivity contribution in [2.24, 2.45) is 11.8 Å². The van der Waals surface area contributed by atoms with E-state index in [9.17, 15) is 19.5 Å². The molecule has 4 rings (SSSR count). The van der Waals surface area contributed by atoms with E-state index >= 15 is 0 Å². The molecule has 6 atom stereocenters. The first kappa shape index (κ1) is 27.5. The topological polar surface area (TPSA) is 87.1 Å². The predicted molar refractivity (Wildman–Crippen MR) is 146 cm³/mol. The first-order valence-corrected chi connectivity index (χ1v) is 14.0. The van der Waals surface area contributed by atoms with E-state index in [2.05, 4.69) is 13.2 Å². The Morgan fingerprint density at radius 1 is 1.32 bits per heavy atom. The second kappa shape index (κ2) is 11.0.